The second kappa shape index (κ2) is 2.73. The second-order valence-electron chi connectivity index (χ2n) is 4.03. The van der Waals surface area contributed by atoms with Gasteiger partial charge in [0.05, 0.1) is 0 Å². The van der Waals surface area contributed by atoms with Gasteiger partial charge in [0, 0.05) is 31.5 Å². The summed E-state index contributed by atoms with van der Waals surface area (Å²) in [6, 6.07) is 0. The lowest BCUT2D eigenvalue weighted by Gasteiger charge is -2.47. The maximum absolute atomic E-state index is 11.2. The predicted molar refractivity (Wildman–Crippen MR) is 46.8 cm³/mol. The molecule has 2 aliphatic rings. The summed E-state index contributed by atoms with van der Waals surface area (Å²) in [5.74, 6) is 0.313. The zero-order valence-electron chi connectivity index (χ0n) is 7.60. The minimum Gasteiger partial charge on any atom is -0.341 e. The number of amides is 1. The molecule has 68 valence electrons. The van der Waals surface area contributed by atoms with Crippen molar-refractivity contribution < 1.29 is 4.79 Å². The average Bonchev–Trinajstić information content (AvgIpc) is 2.48. The van der Waals surface area contributed by atoms with E-state index in [1.807, 2.05) is 11.8 Å². The highest BCUT2D eigenvalue weighted by Gasteiger charge is 2.46. The molecule has 1 N–H and O–H groups in total. The first-order chi connectivity index (χ1) is 5.76. The van der Waals surface area contributed by atoms with Crippen LogP contribution in [0.25, 0.3) is 0 Å². The van der Waals surface area contributed by atoms with E-state index in [0.29, 0.717) is 17.7 Å². The molecule has 0 aliphatic carbocycles. The van der Waals surface area contributed by atoms with Gasteiger partial charge < -0.3 is 10.2 Å². The van der Waals surface area contributed by atoms with Crippen LogP contribution < -0.4 is 5.32 Å². The Balaban J connectivity index is 1.86. The lowest BCUT2D eigenvalue weighted by atomic mass is 9.79. The Morgan fingerprint density at radius 3 is 2.83 bits per heavy atom. The van der Waals surface area contributed by atoms with Crippen molar-refractivity contribution in [3.05, 3.63) is 0 Å². The van der Waals surface area contributed by atoms with Gasteiger partial charge in [-0.05, 0) is 13.0 Å². The molecular weight excluding hydrogens is 152 g/mol. The zero-order chi connectivity index (χ0) is 8.60. The second-order valence-corrected chi connectivity index (χ2v) is 4.03. The lowest BCUT2D eigenvalue weighted by molar-refractivity contribution is -0.141. The Morgan fingerprint density at radius 2 is 2.33 bits per heavy atom. The van der Waals surface area contributed by atoms with Crippen molar-refractivity contribution in [2.24, 2.45) is 5.41 Å². The molecule has 0 unspecified atom stereocenters. The highest BCUT2D eigenvalue weighted by molar-refractivity contribution is 5.76. The lowest BCUT2D eigenvalue weighted by Crippen LogP contribution is -2.59. The summed E-state index contributed by atoms with van der Waals surface area (Å²) in [5, 5.41) is 3.35. The molecule has 0 aromatic rings. The van der Waals surface area contributed by atoms with E-state index in [1.54, 1.807) is 0 Å². The van der Waals surface area contributed by atoms with E-state index in [2.05, 4.69) is 5.32 Å². The van der Waals surface area contributed by atoms with Crippen LogP contribution in [-0.2, 0) is 4.79 Å². The first-order valence-electron chi connectivity index (χ1n) is 4.74. The first kappa shape index (κ1) is 8.05. The largest absolute Gasteiger partial charge is 0.341 e. The number of hydrogen-bond acceptors (Lipinski definition) is 2. The topological polar surface area (TPSA) is 32.3 Å². The molecule has 1 amide bonds. The molecule has 0 bridgehead atoms. The molecule has 3 nitrogen and oxygen atoms in total. The molecule has 2 fully saturated rings. The number of carbonyl (C=O) groups excluding carboxylic acids is 1. The van der Waals surface area contributed by atoms with Crippen molar-refractivity contribution >= 4 is 5.91 Å². The molecule has 3 heteroatoms. The van der Waals surface area contributed by atoms with Crippen molar-refractivity contribution in [3.8, 4) is 0 Å². The van der Waals surface area contributed by atoms with Crippen LogP contribution in [-0.4, -0.2) is 37.0 Å². The predicted octanol–water partition coefficient (Wildman–Crippen LogP) is 0.218. The zero-order valence-corrected chi connectivity index (χ0v) is 7.60. The third kappa shape index (κ3) is 1.12. The molecule has 1 spiro atoms. The summed E-state index contributed by atoms with van der Waals surface area (Å²) in [4.78, 5) is 13.2. The Morgan fingerprint density at radius 1 is 1.58 bits per heavy atom. The first-order valence-corrected chi connectivity index (χ1v) is 4.74. The van der Waals surface area contributed by atoms with Crippen molar-refractivity contribution in [1.82, 2.24) is 10.2 Å². The van der Waals surface area contributed by atoms with Crippen molar-refractivity contribution in [1.29, 1.82) is 0 Å². The van der Waals surface area contributed by atoms with Gasteiger partial charge >= 0.3 is 0 Å². The van der Waals surface area contributed by atoms with E-state index in [9.17, 15) is 4.79 Å². The molecule has 2 rings (SSSR count). The van der Waals surface area contributed by atoms with E-state index in [1.165, 1.54) is 6.42 Å². The summed E-state index contributed by atoms with van der Waals surface area (Å²) in [7, 11) is 0. The Bertz CT molecular complexity index is 189. The quantitative estimate of drug-likeness (QED) is 0.607. The fourth-order valence-corrected chi connectivity index (χ4v) is 2.23. The summed E-state index contributed by atoms with van der Waals surface area (Å²) < 4.78 is 0. The van der Waals surface area contributed by atoms with Crippen molar-refractivity contribution in [2.75, 3.05) is 26.2 Å². The van der Waals surface area contributed by atoms with E-state index in [0.717, 1.165) is 26.2 Å². The van der Waals surface area contributed by atoms with Gasteiger partial charge in [-0.3, -0.25) is 4.79 Å². The summed E-state index contributed by atoms with van der Waals surface area (Å²) in [5.41, 5.74) is 0.463. The SMILES string of the molecule is CCC(=O)N1CC2(CCNC2)C1. The van der Waals surface area contributed by atoms with Gasteiger partial charge in [-0.25, -0.2) is 0 Å². The maximum atomic E-state index is 11.2. The Kier molecular flexibility index (Phi) is 1.83. The monoisotopic (exact) mass is 168 g/mol. The van der Waals surface area contributed by atoms with Crippen molar-refractivity contribution in [2.45, 2.75) is 19.8 Å². The van der Waals surface area contributed by atoms with Crippen molar-refractivity contribution in [3.63, 3.8) is 0 Å². The molecule has 2 aliphatic heterocycles. The maximum Gasteiger partial charge on any atom is 0.222 e. The molecule has 0 saturated carbocycles. The molecule has 12 heavy (non-hydrogen) atoms. The number of likely N-dealkylation sites (tertiary alicyclic amines) is 1. The highest BCUT2D eigenvalue weighted by atomic mass is 16.2. The van der Waals surface area contributed by atoms with Crippen LogP contribution in [0.2, 0.25) is 0 Å². The number of nitrogens with zero attached hydrogens (tertiary/aromatic N) is 1. The van der Waals surface area contributed by atoms with Gasteiger partial charge in [-0.1, -0.05) is 6.92 Å². The minimum absolute atomic E-state index is 0.313. The average molecular weight is 168 g/mol. The van der Waals surface area contributed by atoms with E-state index < -0.39 is 0 Å². The van der Waals surface area contributed by atoms with Crippen LogP contribution in [0.3, 0.4) is 0 Å². The number of hydrogen-bond donors (Lipinski definition) is 1. The summed E-state index contributed by atoms with van der Waals surface area (Å²) in [6.07, 6.45) is 1.91. The van der Waals surface area contributed by atoms with Gasteiger partial charge in [0.1, 0.15) is 0 Å². The van der Waals surface area contributed by atoms with Crippen LogP contribution in [0.4, 0.5) is 0 Å². The summed E-state index contributed by atoms with van der Waals surface area (Å²) in [6.45, 7) is 6.16. The number of carbonyl (C=O) groups is 1. The molecule has 0 aromatic heterocycles. The van der Waals surface area contributed by atoms with E-state index >= 15 is 0 Å². The molecule has 0 atom stereocenters. The molecular formula is C9H16N2O. The van der Waals surface area contributed by atoms with Crippen LogP contribution in [0.15, 0.2) is 0 Å². The molecule has 0 aromatic carbocycles. The fraction of sp³-hybridized carbons (Fsp3) is 0.889. The van der Waals surface area contributed by atoms with Gasteiger partial charge in [-0.2, -0.15) is 0 Å². The van der Waals surface area contributed by atoms with Crippen LogP contribution in [0, 0.1) is 5.41 Å². The third-order valence-corrected chi connectivity index (χ3v) is 3.04. The highest BCUT2D eigenvalue weighted by Crippen LogP contribution is 2.36. The standard InChI is InChI=1S/C9H16N2O/c1-2-8(12)11-6-9(7-11)3-4-10-5-9/h10H,2-7H2,1H3. The minimum atomic E-state index is 0.313. The van der Waals surface area contributed by atoms with Gasteiger partial charge in [0.2, 0.25) is 5.91 Å². The Hall–Kier alpha value is -0.570. The van der Waals surface area contributed by atoms with Crippen LogP contribution in [0.1, 0.15) is 19.8 Å². The molecule has 2 saturated heterocycles. The van der Waals surface area contributed by atoms with E-state index in [4.69, 9.17) is 0 Å². The van der Waals surface area contributed by atoms with Crippen LogP contribution >= 0.6 is 0 Å². The van der Waals surface area contributed by atoms with Gasteiger partial charge in [-0.15, -0.1) is 0 Å². The number of nitrogens with one attached hydrogen (secondary N) is 1. The Labute approximate surface area is 73.1 Å². The molecule has 2 heterocycles. The van der Waals surface area contributed by atoms with Crippen LogP contribution in [0.5, 0.6) is 0 Å². The van der Waals surface area contributed by atoms with E-state index in [-0.39, 0.29) is 0 Å². The van der Waals surface area contributed by atoms with Gasteiger partial charge in [0.25, 0.3) is 0 Å². The smallest absolute Gasteiger partial charge is 0.222 e. The third-order valence-electron chi connectivity index (χ3n) is 3.04. The molecule has 0 radical (unpaired) electrons. The number of rotatable bonds is 1. The normalized spacial score (nSPS) is 25.9. The fourth-order valence-electron chi connectivity index (χ4n) is 2.23. The van der Waals surface area contributed by atoms with Gasteiger partial charge in [0.15, 0.2) is 0 Å². The summed E-state index contributed by atoms with van der Waals surface area (Å²) >= 11 is 0.